The van der Waals surface area contributed by atoms with E-state index in [4.69, 9.17) is 9.47 Å². The summed E-state index contributed by atoms with van der Waals surface area (Å²) in [5.74, 6) is -0.0797. The molecule has 0 aromatic heterocycles. The van der Waals surface area contributed by atoms with E-state index in [1.807, 2.05) is 0 Å². The summed E-state index contributed by atoms with van der Waals surface area (Å²) in [5.41, 5.74) is 0. The molecule has 0 amide bonds. The van der Waals surface area contributed by atoms with Crippen LogP contribution < -0.4 is 0 Å². The second kappa shape index (κ2) is 15.2. The lowest BCUT2D eigenvalue weighted by atomic mass is 10.1. The van der Waals surface area contributed by atoms with Crippen molar-refractivity contribution in [2.45, 2.75) is 77.2 Å². The van der Waals surface area contributed by atoms with Crippen molar-refractivity contribution >= 4 is 5.97 Å². The summed E-state index contributed by atoms with van der Waals surface area (Å²) in [6.07, 6.45) is 24.2. The molecule has 136 valence electrons. The zero-order chi connectivity index (χ0) is 17.3. The van der Waals surface area contributed by atoms with Crippen molar-refractivity contribution < 1.29 is 14.3 Å². The first-order valence-corrected chi connectivity index (χ1v) is 9.58. The molecular formula is C21H34O3. The van der Waals surface area contributed by atoms with E-state index in [2.05, 4.69) is 43.4 Å². The number of carbonyl (C=O) groups is 1. The third-order valence-corrected chi connectivity index (χ3v) is 3.91. The molecule has 0 aliphatic carbocycles. The minimum absolute atomic E-state index is 0.0797. The molecule has 0 N–H and O–H groups in total. The van der Waals surface area contributed by atoms with Gasteiger partial charge in [0.1, 0.15) is 12.7 Å². The van der Waals surface area contributed by atoms with Crippen molar-refractivity contribution in [3.63, 3.8) is 0 Å². The zero-order valence-corrected chi connectivity index (χ0v) is 15.3. The maximum atomic E-state index is 11.4. The molecule has 3 heteroatoms. The SMILES string of the molecule is CCCCC=CC=CC=CCCCCCCCC(=O)OCC1CO1. The van der Waals surface area contributed by atoms with Crippen LogP contribution in [-0.2, 0) is 14.3 Å². The Morgan fingerprint density at radius 2 is 1.58 bits per heavy atom. The van der Waals surface area contributed by atoms with Crippen LogP contribution in [0.15, 0.2) is 36.5 Å². The van der Waals surface area contributed by atoms with Crippen LogP contribution in [0.2, 0.25) is 0 Å². The average molecular weight is 334 g/mol. The topological polar surface area (TPSA) is 38.8 Å². The van der Waals surface area contributed by atoms with Crippen molar-refractivity contribution in [1.82, 2.24) is 0 Å². The van der Waals surface area contributed by atoms with Gasteiger partial charge in [0.05, 0.1) is 6.61 Å². The van der Waals surface area contributed by atoms with Crippen LogP contribution in [0.25, 0.3) is 0 Å². The van der Waals surface area contributed by atoms with Gasteiger partial charge in [-0.2, -0.15) is 0 Å². The van der Waals surface area contributed by atoms with Crippen molar-refractivity contribution in [1.29, 1.82) is 0 Å². The molecule has 1 rings (SSSR count). The molecule has 3 nitrogen and oxygen atoms in total. The highest BCUT2D eigenvalue weighted by Gasteiger charge is 2.23. The lowest BCUT2D eigenvalue weighted by molar-refractivity contribution is -0.144. The molecule has 0 aromatic carbocycles. The molecule has 1 aliphatic heterocycles. The molecule has 0 spiro atoms. The number of unbranched alkanes of at least 4 members (excludes halogenated alkanes) is 7. The number of allylic oxidation sites excluding steroid dienone is 6. The van der Waals surface area contributed by atoms with Gasteiger partial charge in [0.25, 0.3) is 0 Å². The molecule has 1 fully saturated rings. The normalized spacial score (nSPS) is 17.3. The van der Waals surface area contributed by atoms with Crippen LogP contribution in [0.4, 0.5) is 0 Å². The molecular weight excluding hydrogens is 300 g/mol. The number of rotatable bonds is 15. The summed E-state index contributed by atoms with van der Waals surface area (Å²) in [7, 11) is 0. The molecule has 0 saturated carbocycles. The van der Waals surface area contributed by atoms with E-state index in [1.54, 1.807) is 0 Å². The zero-order valence-electron chi connectivity index (χ0n) is 15.3. The lowest BCUT2D eigenvalue weighted by Gasteiger charge is -2.02. The van der Waals surface area contributed by atoms with Crippen LogP contribution in [0.5, 0.6) is 0 Å². The predicted octanol–water partition coefficient (Wildman–Crippen LogP) is 5.52. The smallest absolute Gasteiger partial charge is 0.305 e. The molecule has 0 bridgehead atoms. The molecule has 1 atom stereocenters. The maximum Gasteiger partial charge on any atom is 0.305 e. The van der Waals surface area contributed by atoms with Gasteiger partial charge < -0.3 is 9.47 Å². The van der Waals surface area contributed by atoms with Gasteiger partial charge in [-0.05, 0) is 25.7 Å². The second-order valence-electron chi connectivity index (χ2n) is 6.33. The summed E-state index contributed by atoms with van der Waals surface area (Å²) in [5, 5.41) is 0. The predicted molar refractivity (Wildman–Crippen MR) is 100.0 cm³/mol. The summed E-state index contributed by atoms with van der Waals surface area (Å²) in [6.45, 7) is 3.40. The third kappa shape index (κ3) is 14.3. The van der Waals surface area contributed by atoms with Crippen molar-refractivity contribution in [2.24, 2.45) is 0 Å². The molecule has 1 heterocycles. The third-order valence-electron chi connectivity index (χ3n) is 3.91. The van der Waals surface area contributed by atoms with Crippen molar-refractivity contribution in [3.05, 3.63) is 36.5 Å². The van der Waals surface area contributed by atoms with Crippen LogP contribution in [-0.4, -0.2) is 25.3 Å². The highest BCUT2D eigenvalue weighted by Crippen LogP contribution is 2.11. The molecule has 24 heavy (non-hydrogen) atoms. The summed E-state index contributed by atoms with van der Waals surface area (Å²) in [4.78, 5) is 11.4. The summed E-state index contributed by atoms with van der Waals surface area (Å²) >= 11 is 0. The van der Waals surface area contributed by atoms with E-state index in [0.29, 0.717) is 13.0 Å². The van der Waals surface area contributed by atoms with Gasteiger partial charge in [0, 0.05) is 6.42 Å². The van der Waals surface area contributed by atoms with E-state index in [0.717, 1.165) is 25.9 Å². The Bertz CT molecular complexity index is 392. The minimum atomic E-state index is -0.0797. The number of epoxide rings is 1. The molecule has 1 saturated heterocycles. The quantitative estimate of drug-likeness (QED) is 0.171. The molecule has 0 aromatic rings. The van der Waals surface area contributed by atoms with E-state index in [1.165, 1.54) is 38.5 Å². The van der Waals surface area contributed by atoms with E-state index in [9.17, 15) is 4.79 Å². The summed E-state index contributed by atoms with van der Waals surface area (Å²) in [6, 6.07) is 0. The van der Waals surface area contributed by atoms with E-state index >= 15 is 0 Å². The Labute approximate surface area is 147 Å². The van der Waals surface area contributed by atoms with Gasteiger partial charge in [-0.1, -0.05) is 75.5 Å². The van der Waals surface area contributed by atoms with E-state index < -0.39 is 0 Å². The summed E-state index contributed by atoms with van der Waals surface area (Å²) < 4.78 is 10.1. The van der Waals surface area contributed by atoms with Crippen LogP contribution in [0, 0.1) is 0 Å². The highest BCUT2D eigenvalue weighted by atomic mass is 16.6. The number of carbonyl (C=O) groups excluding carboxylic acids is 1. The molecule has 1 unspecified atom stereocenters. The van der Waals surface area contributed by atoms with Gasteiger partial charge >= 0.3 is 5.97 Å². The number of ether oxygens (including phenoxy) is 2. The van der Waals surface area contributed by atoms with Crippen LogP contribution >= 0.6 is 0 Å². The average Bonchev–Trinajstić information content (AvgIpc) is 3.41. The van der Waals surface area contributed by atoms with Crippen LogP contribution in [0.3, 0.4) is 0 Å². The van der Waals surface area contributed by atoms with Crippen LogP contribution in [0.1, 0.15) is 71.1 Å². The fraction of sp³-hybridized carbons (Fsp3) is 0.667. The highest BCUT2D eigenvalue weighted by molar-refractivity contribution is 5.69. The van der Waals surface area contributed by atoms with Crippen molar-refractivity contribution in [2.75, 3.05) is 13.2 Å². The van der Waals surface area contributed by atoms with E-state index in [-0.39, 0.29) is 12.1 Å². The monoisotopic (exact) mass is 334 g/mol. The Kier molecular flexibility index (Phi) is 13.1. The Morgan fingerprint density at radius 1 is 0.958 bits per heavy atom. The minimum Gasteiger partial charge on any atom is -0.463 e. The second-order valence-corrected chi connectivity index (χ2v) is 6.33. The molecule has 0 radical (unpaired) electrons. The first kappa shape index (κ1) is 20.7. The Hall–Kier alpha value is -1.35. The largest absolute Gasteiger partial charge is 0.463 e. The fourth-order valence-corrected chi connectivity index (χ4v) is 2.28. The molecule has 1 aliphatic rings. The number of esters is 1. The lowest BCUT2D eigenvalue weighted by Crippen LogP contribution is -2.09. The first-order chi connectivity index (χ1) is 11.8. The van der Waals surface area contributed by atoms with Gasteiger partial charge in [-0.25, -0.2) is 0 Å². The Morgan fingerprint density at radius 3 is 2.25 bits per heavy atom. The first-order valence-electron chi connectivity index (χ1n) is 9.58. The van der Waals surface area contributed by atoms with Gasteiger partial charge in [-0.3, -0.25) is 4.79 Å². The van der Waals surface area contributed by atoms with Crippen molar-refractivity contribution in [3.8, 4) is 0 Å². The number of hydrogen-bond donors (Lipinski definition) is 0. The standard InChI is InChI=1S/C21H34O3/c1-2-3-4-5-6-7-8-9-10-11-12-13-14-15-16-17-21(22)24-19-20-18-23-20/h5-10,20H,2-4,11-19H2,1H3. The fourth-order valence-electron chi connectivity index (χ4n) is 2.28. The Balaban J connectivity index is 1.80. The van der Waals surface area contributed by atoms with Gasteiger partial charge in [0.15, 0.2) is 0 Å². The number of hydrogen-bond acceptors (Lipinski definition) is 3. The van der Waals surface area contributed by atoms with Gasteiger partial charge in [-0.15, -0.1) is 0 Å². The van der Waals surface area contributed by atoms with Gasteiger partial charge in [0.2, 0.25) is 0 Å². The maximum absolute atomic E-state index is 11.4.